The maximum absolute atomic E-state index is 12.1. The van der Waals surface area contributed by atoms with Crippen LogP contribution in [0.2, 0.25) is 0 Å². The van der Waals surface area contributed by atoms with Gasteiger partial charge in [0.25, 0.3) is 0 Å². The molecular formula is C19H28N4O2. The molecule has 2 heterocycles. The van der Waals surface area contributed by atoms with E-state index in [4.69, 9.17) is 4.74 Å². The number of amides is 2. The first-order valence-electron chi connectivity index (χ1n) is 9.03. The molecule has 0 bridgehead atoms. The van der Waals surface area contributed by atoms with Gasteiger partial charge < -0.3 is 24.8 Å². The van der Waals surface area contributed by atoms with Gasteiger partial charge in [0.15, 0.2) is 0 Å². The van der Waals surface area contributed by atoms with E-state index in [0.29, 0.717) is 13.2 Å². The maximum Gasteiger partial charge on any atom is 0.319 e. The van der Waals surface area contributed by atoms with Gasteiger partial charge in [-0.05, 0) is 57.1 Å². The van der Waals surface area contributed by atoms with Gasteiger partial charge in [0.2, 0.25) is 0 Å². The Kier molecular flexibility index (Phi) is 5.94. The minimum atomic E-state index is -0.144. The highest BCUT2D eigenvalue weighted by Crippen LogP contribution is 2.23. The number of hydrogen-bond acceptors (Lipinski definition) is 3. The van der Waals surface area contributed by atoms with E-state index in [-0.39, 0.29) is 6.03 Å². The van der Waals surface area contributed by atoms with E-state index < -0.39 is 0 Å². The highest BCUT2D eigenvalue weighted by Gasteiger charge is 2.11. The van der Waals surface area contributed by atoms with Crippen molar-refractivity contribution in [3.8, 4) is 0 Å². The molecule has 1 fully saturated rings. The highest BCUT2D eigenvalue weighted by atomic mass is 16.5. The van der Waals surface area contributed by atoms with E-state index in [1.54, 1.807) is 7.11 Å². The minimum Gasteiger partial charge on any atom is -0.383 e. The maximum atomic E-state index is 12.1. The number of nitrogens with zero attached hydrogens (tertiary/aromatic N) is 2. The molecule has 0 unspecified atom stereocenters. The summed E-state index contributed by atoms with van der Waals surface area (Å²) < 4.78 is 7.42. The Morgan fingerprint density at radius 2 is 2.00 bits per heavy atom. The third kappa shape index (κ3) is 4.52. The summed E-state index contributed by atoms with van der Waals surface area (Å²) in [5, 5.41) is 6.99. The van der Waals surface area contributed by atoms with E-state index in [9.17, 15) is 4.79 Å². The van der Waals surface area contributed by atoms with Crippen molar-refractivity contribution >= 4 is 22.6 Å². The largest absolute Gasteiger partial charge is 0.383 e. The van der Waals surface area contributed by atoms with Gasteiger partial charge in [-0.3, -0.25) is 0 Å². The van der Waals surface area contributed by atoms with Crippen molar-refractivity contribution in [2.24, 2.45) is 0 Å². The number of carbonyl (C=O) groups excluding carboxylic acids is 1. The van der Waals surface area contributed by atoms with E-state index in [0.717, 1.165) is 42.8 Å². The van der Waals surface area contributed by atoms with E-state index in [1.165, 1.54) is 18.5 Å². The molecule has 0 aliphatic carbocycles. The normalized spacial score (nSPS) is 15.0. The first-order chi connectivity index (χ1) is 12.2. The van der Waals surface area contributed by atoms with E-state index >= 15 is 0 Å². The number of aromatic nitrogens is 1. The number of aryl methyl sites for hydroxylation is 1. The average molecular weight is 344 g/mol. The second kappa shape index (κ2) is 8.36. The third-order valence-electron chi connectivity index (χ3n) is 4.80. The summed E-state index contributed by atoms with van der Waals surface area (Å²) >= 11 is 0. The molecule has 0 radical (unpaired) electrons. The van der Waals surface area contributed by atoms with Crippen LogP contribution in [0.1, 0.15) is 18.5 Å². The Labute approximate surface area is 149 Å². The Bertz CT molecular complexity index is 720. The summed E-state index contributed by atoms with van der Waals surface area (Å²) in [6.45, 7) is 7.51. The molecule has 2 amide bonds. The fraction of sp³-hybridized carbons (Fsp3) is 0.526. The quantitative estimate of drug-likeness (QED) is 0.812. The molecular weight excluding hydrogens is 316 g/mol. The van der Waals surface area contributed by atoms with Gasteiger partial charge >= 0.3 is 6.03 Å². The van der Waals surface area contributed by atoms with Crippen LogP contribution in [0, 0.1) is 6.92 Å². The van der Waals surface area contributed by atoms with Crippen molar-refractivity contribution in [3.05, 3.63) is 30.0 Å². The van der Waals surface area contributed by atoms with Gasteiger partial charge in [-0.25, -0.2) is 4.79 Å². The predicted octanol–water partition coefficient (Wildman–Crippen LogP) is 2.81. The number of hydrogen-bond donors (Lipinski definition) is 2. The topological polar surface area (TPSA) is 58.5 Å². The number of carbonyl (C=O) groups is 1. The Hall–Kier alpha value is -2.05. The molecule has 0 atom stereocenters. The molecule has 1 aliphatic rings. The lowest BCUT2D eigenvalue weighted by Crippen LogP contribution is -2.35. The fourth-order valence-corrected chi connectivity index (χ4v) is 3.48. The molecule has 1 aromatic carbocycles. The van der Waals surface area contributed by atoms with Gasteiger partial charge in [0.05, 0.1) is 6.61 Å². The van der Waals surface area contributed by atoms with Crippen molar-refractivity contribution in [1.29, 1.82) is 0 Å². The summed E-state index contributed by atoms with van der Waals surface area (Å²) in [4.78, 5) is 14.5. The lowest BCUT2D eigenvalue weighted by molar-refractivity contribution is 0.188. The van der Waals surface area contributed by atoms with Gasteiger partial charge in [-0.1, -0.05) is 0 Å². The van der Waals surface area contributed by atoms with Crippen LogP contribution in [0.5, 0.6) is 0 Å². The molecule has 1 saturated heterocycles. The number of nitrogens with one attached hydrogen (secondary N) is 2. The highest BCUT2D eigenvalue weighted by molar-refractivity contribution is 5.93. The molecule has 6 nitrogen and oxygen atoms in total. The second-order valence-corrected chi connectivity index (χ2v) is 6.63. The summed E-state index contributed by atoms with van der Waals surface area (Å²) in [6.07, 6.45) is 2.55. The molecule has 25 heavy (non-hydrogen) atoms. The molecule has 136 valence electrons. The molecule has 1 aromatic heterocycles. The molecule has 0 spiro atoms. The summed E-state index contributed by atoms with van der Waals surface area (Å²) in [7, 11) is 1.71. The van der Waals surface area contributed by atoms with Crippen LogP contribution in [-0.4, -0.2) is 55.4 Å². The van der Waals surface area contributed by atoms with Crippen LogP contribution in [0.3, 0.4) is 0 Å². The minimum absolute atomic E-state index is 0.144. The number of rotatable bonds is 7. The second-order valence-electron chi connectivity index (χ2n) is 6.63. The molecule has 3 rings (SSSR count). The van der Waals surface area contributed by atoms with Crippen LogP contribution in [0.4, 0.5) is 10.5 Å². The van der Waals surface area contributed by atoms with E-state index in [2.05, 4.69) is 39.2 Å². The lowest BCUT2D eigenvalue weighted by atomic mass is 10.2. The number of benzene rings is 1. The third-order valence-corrected chi connectivity index (χ3v) is 4.80. The van der Waals surface area contributed by atoms with Crippen molar-refractivity contribution < 1.29 is 9.53 Å². The Balaban J connectivity index is 1.56. The van der Waals surface area contributed by atoms with Crippen LogP contribution in [0.15, 0.2) is 24.3 Å². The summed E-state index contributed by atoms with van der Waals surface area (Å²) in [6, 6.07) is 8.02. The fourth-order valence-electron chi connectivity index (χ4n) is 3.48. The van der Waals surface area contributed by atoms with Gasteiger partial charge in [-0.15, -0.1) is 0 Å². The zero-order valence-corrected chi connectivity index (χ0v) is 15.2. The number of likely N-dealkylation sites (tertiary alicyclic amines) is 1. The van der Waals surface area contributed by atoms with Crippen LogP contribution in [0.25, 0.3) is 10.9 Å². The first kappa shape index (κ1) is 17.8. The van der Waals surface area contributed by atoms with Crippen LogP contribution < -0.4 is 10.6 Å². The average Bonchev–Trinajstić information content (AvgIpc) is 3.20. The standard InChI is InChI=1S/C19H28N4O2/c1-15-13-16-14-17(5-6-18(16)23(15)11-12-25-2)21-19(24)20-7-10-22-8-3-4-9-22/h5-6,13-14H,3-4,7-12H2,1-2H3,(H2,20,21,24). The van der Waals surface area contributed by atoms with Gasteiger partial charge in [0, 0.05) is 49.0 Å². The zero-order valence-electron chi connectivity index (χ0n) is 15.2. The summed E-state index contributed by atoms with van der Waals surface area (Å²) in [5.41, 5.74) is 3.17. The van der Waals surface area contributed by atoms with Crippen molar-refractivity contribution in [2.45, 2.75) is 26.3 Å². The zero-order chi connectivity index (χ0) is 17.6. The molecule has 1 aliphatic heterocycles. The lowest BCUT2D eigenvalue weighted by Gasteiger charge is -2.15. The molecule has 6 heteroatoms. The van der Waals surface area contributed by atoms with Crippen LogP contribution in [-0.2, 0) is 11.3 Å². The first-order valence-corrected chi connectivity index (χ1v) is 9.03. The SMILES string of the molecule is COCCn1c(C)cc2cc(NC(=O)NCCN3CCCC3)ccc21. The number of anilines is 1. The molecule has 2 aromatic rings. The van der Waals surface area contributed by atoms with Crippen LogP contribution >= 0.6 is 0 Å². The number of methoxy groups -OCH3 is 1. The van der Waals surface area contributed by atoms with Crippen molar-refractivity contribution in [2.75, 3.05) is 45.2 Å². The van der Waals surface area contributed by atoms with Gasteiger partial charge in [-0.2, -0.15) is 0 Å². The molecule has 0 saturated carbocycles. The number of urea groups is 1. The van der Waals surface area contributed by atoms with E-state index in [1.807, 2.05) is 12.1 Å². The number of ether oxygens (including phenoxy) is 1. The molecule has 2 N–H and O–H groups in total. The smallest absolute Gasteiger partial charge is 0.319 e. The Morgan fingerprint density at radius 1 is 1.20 bits per heavy atom. The van der Waals surface area contributed by atoms with Gasteiger partial charge in [0.1, 0.15) is 0 Å². The van der Waals surface area contributed by atoms with Crippen molar-refractivity contribution in [3.63, 3.8) is 0 Å². The van der Waals surface area contributed by atoms with Crippen molar-refractivity contribution in [1.82, 2.24) is 14.8 Å². The number of fused-ring (bicyclic) bond motifs is 1. The summed E-state index contributed by atoms with van der Waals surface area (Å²) in [5.74, 6) is 0. The Morgan fingerprint density at radius 3 is 2.76 bits per heavy atom. The monoisotopic (exact) mass is 344 g/mol. The predicted molar refractivity (Wildman–Crippen MR) is 101 cm³/mol.